The van der Waals surface area contributed by atoms with Gasteiger partial charge in [-0.15, -0.1) is 0 Å². The van der Waals surface area contributed by atoms with Crippen molar-refractivity contribution in [3.63, 3.8) is 0 Å². The summed E-state index contributed by atoms with van der Waals surface area (Å²) >= 11 is 0. The number of alkyl carbamates (subject to hydrolysis) is 1. The molecule has 0 fully saturated rings. The maximum atomic E-state index is 12.8. The summed E-state index contributed by atoms with van der Waals surface area (Å²) in [4.78, 5) is 61.4. The molecular weight excluding hydrogens is 496 g/mol. The van der Waals surface area contributed by atoms with Gasteiger partial charge in [0.2, 0.25) is 17.7 Å². The van der Waals surface area contributed by atoms with Crippen LogP contribution in [0.5, 0.6) is 0 Å². The van der Waals surface area contributed by atoms with Crippen LogP contribution in [-0.4, -0.2) is 65.2 Å². The normalized spacial score (nSPS) is 13.6. The van der Waals surface area contributed by atoms with Gasteiger partial charge in [-0.05, 0) is 45.1 Å². The molecule has 0 unspecified atom stereocenters. The van der Waals surface area contributed by atoms with E-state index in [4.69, 9.17) is 15.2 Å². The number of aliphatic hydroxyl groups excluding tert-OH is 1. The molecule has 0 saturated heterocycles. The van der Waals surface area contributed by atoms with Crippen molar-refractivity contribution in [1.82, 2.24) is 16.0 Å². The summed E-state index contributed by atoms with van der Waals surface area (Å²) in [5.41, 5.74) is 5.81. The van der Waals surface area contributed by atoms with Gasteiger partial charge in [0, 0.05) is 6.42 Å². The van der Waals surface area contributed by atoms with E-state index >= 15 is 0 Å². The van der Waals surface area contributed by atoms with Crippen LogP contribution < -0.4 is 21.7 Å². The van der Waals surface area contributed by atoms with Crippen molar-refractivity contribution in [3.8, 4) is 0 Å². The number of rotatable bonds is 13. The fourth-order valence-corrected chi connectivity index (χ4v) is 3.16. The highest BCUT2D eigenvalue weighted by atomic mass is 16.6. The summed E-state index contributed by atoms with van der Waals surface area (Å²) in [5, 5.41) is 16.5. The number of benzene rings is 1. The molecule has 0 heterocycles. The molecule has 12 heteroatoms. The van der Waals surface area contributed by atoms with Gasteiger partial charge in [0.25, 0.3) is 0 Å². The topological polar surface area (TPSA) is 186 Å². The van der Waals surface area contributed by atoms with Crippen LogP contribution in [0.4, 0.5) is 4.79 Å². The van der Waals surface area contributed by atoms with Crippen molar-refractivity contribution < 1.29 is 38.6 Å². The third kappa shape index (κ3) is 13.2. The number of ether oxygens (including phenoxy) is 2. The lowest BCUT2D eigenvalue weighted by molar-refractivity contribution is -0.150. The Balaban J connectivity index is 2.63. The van der Waals surface area contributed by atoms with Crippen LogP contribution in [0.3, 0.4) is 0 Å². The molecule has 4 amide bonds. The number of carbonyl (C=O) groups is 5. The molecule has 0 aliphatic carbocycles. The Labute approximate surface area is 223 Å². The maximum absolute atomic E-state index is 12.8. The standard InChI is InChI=1S/C26H40N4O8/c1-16(2)13-19(24(35)37-15-17-9-7-6-8-10-17)28-23(34)20(14-31)29-22(33)18(27)11-12-21(32)30-25(36)38-26(3,4)5/h6-10,16,18-20,31H,11-15,27H2,1-5H3,(H,28,34)(H,29,33)(H,30,32,36)/t18-,19-,20-/m0/s1. The summed E-state index contributed by atoms with van der Waals surface area (Å²) in [6.07, 6.45) is -1.04. The Morgan fingerprint density at radius 2 is 1.58 bits per heavy atom. The molecular formula is C26H40N4O8. The minimum absolute atomic E-state index is 0.0284. The highest BCUT2D eigenvalue weighted by Gasteiger charge is 2.29. The second kappa shape index (κ2) is 15.7. The summed E-state index contributed by atoms with van der Waals surface area (Å²) in [5.74, 6) is -2.89. The lowest BCUT2D eigenvalue weighted by Gasteiger charge is -2.23. The van der Waals surface area contributed by atoms with Crippen LogP contribution in [0, 0.1) is 5.92 Å². The molecule has 1 aromatic rings. The van der Waals surface area contributed by atoms with E-state index in [0.717, 1.165) is 5.56 Å². The van der Waals surface area contributed by atoms with Crippen LogP contribution in [0.2, 0.25) is 0 Å². The lowest BCUT2D eigenvalue weighted by Crippen LogP contribution is -2.56. The lowest BCUT2D eigenvalue weighted by atomic mass is 10.0. The zero-order chi connectivity index (χ0) is 28.9. The molecule has 3 atom stereocenters. The first-order chi connectivity index (χ1) is 17.7. The van der Waals surface area contributed by atoms with Crippen molar-refractivity contribution in [3.05, 3.63) is 35.9 Å². The summed E-state index contributed by atoms with van der Waals surface area (Å²) in [6, 6.07) is 5.45. The van der Waals surface area contributed by atoms with Gasteiger partial charge in [0.15, 0.2) is 0 Å². The van der Waals surface area contributed by atoms with E-state index in [9.17, 15) is 29.1 Å². The Bertz CT molecular complexity index is 946. The number of hydrogen-bond donors (Lipinski definition) is 5. The Morgan fingerprint density at radius 3 is 2.13 bits per heavy atom. The molecule has 0 aromatic heterocycles. The van der Waals surface area contributed by atoms with Gasteiger partial charge >= 0.3 is 12.1 Å². The fraction of sp³-hybridized carbons (Fsp3) is 0.577. The van der Waals surface area contributed by atoms with Gasteiger partial charge in [-0.2, -0.15) is 0 Å². The van der Waals surface area contributed by atoms with Gasteiger partial charge in [-0.25, -0.2) is 9.59 Å². The van der Waals surface area contributed by atoms with Gasteiger partial charge < -0.3 is 30.9 Å². The van der Waals surface area contributed by atoms with Crippen LogP contribution in [0.15, 0.2) is 30.3 Å². The number of hydrogen-bond acceptors (Lipinski definition) is 9. The number of aliphatic hydroxyl groups is 1. The smallest absolute Gasteiger partial charge is 0.414 e. The molecule has 0 bridgehead atoms. The van der Waals surface area contributed by atoms with E-state index in [1.54, 1.807) is 32.9 Å². The van der Waals surface area contributed by atoms with Gasteiger partial charge in [0.05, 0.1) is 12.6 Å². The first-order valence-corrected chi connectivity index (χ1v) is 12.4. The minimum atomic E-state index is -1.39. The fourth-order valence-electron chi connectivity index (χ4n) is 3.16. The second-order valence-corrected chi connectivity index (χ2v) is 10.2. The number of nitrogens with two attached hydrogens (primary N) is 1. The van der Waals surface area contributed by atoms with E-state index in [1.807, 2.05) is 37.4 Å². The quantitative estimate of drug-likeness (QED) is 0.228. The molecule has 1 rings (SSSR count). The molecule has 0 spiro atoms. The predicted octanol–water partition coefficient (Wildman–Crippen LogP) is 0.897. The molecule has 38 heavy (non-hydrogen) atoms. The third-order valence-corrected chi connectivity index (χ3v) is 5.01. The Hall–Kier alpha value is -3.51. The van der Waals surface area contributed by atoms with Crippen LogP contribution >= 0.6 is 0 Å². The molecule has 0 aliphatic rings. The minimum Gasteiger partial charge on any atom is -0.459 e. The summed E-state index contributed by atoms with van der Waals surface area (Å²) in [7, 11) is 0. The molecule has 6 N–H and O–H groups in total. The molecule has 12 nitrogen and oxygen atoms in total. The largest absolute Gasteiger partial charge is 0.459 e. The van der Waals surface area contributed by atoms with Crippen molar-refractivity contribution in [2.24, 2.45) is 11.7 Å². The first kappa shape index (κ1) is 32.5. The van der Waals surface area contributed by atoms with Gasteiger partial charge in [0.1, 0.15) is 24.3 Å². The van der Waals surface area contributed by atoms with E-state index < -0.39 is 60.1 Å². The van der Waals surface area contributed by atoms with Gasteiger partial charge in [-0.3, -0.25) is 19.7 Å². The van der Waals surface area contributed by atoms with E-state index in [2.05, 4.69) is 10.6 Å². The summed E-state index contributed by atoms with van der Waals surface area (Å²) < 4.78 is 10.3. The van der Waals surface area contributed by atoms with E-state index in [0.29, 0.717) is 0 Å². The van der Waals surface area contributed by atoms with Crippen LogP contribution in [0.25, 0.3) is 0 Å². The maximum Gasteiger partial charge on any atom is 0.414 e. The highest BCUT2D eigenvalue weighted by molar-refractivity contribution is 5.93. The average molecular weight is 537 g/mol. The van der Waals surface area contributed by atoms with E-state index in [1.165, 1.54) is 0 Å². The number of carbonyl (C=O) groups excluding carboxylic acids is 5. The number of nitrogens with one attached hydrogen (secondary N) is 3. The van der Waals surface area contributed by atoms with Crippen molar-refractivity contribution in [1.29, 1.82) is 0 Å². The van der Waals surface area contributed by atoms with Crippen LogP contribution in [0.1, 0.15) is 59.4 Å². The highest BCUT2D eigenvalue weighted by Crippen LogP contribution is 2.10. The van der Waals surface area contributed by atoms with Crippen LogP contribution in [-0.2, 0) is 35.3 Å². The molecule has 0 radical (unpaired) electrons. The Morgan fingerprint density at radius 1 is 0.974 bits per heavy atom. The zero-order valence-corrected chi connectivity index (χ0v) is 22.6. The molecule has 0 saturated carbocycles. The van der Waals surface area contributed by atoms with Gasteiger partial charge in [-0.1, -0.05) is 44.2 Å². The molecule has 1 aromatic carbocycles. The zero-order valence-electron chi connectivity index (χ0n) is 22.6. The average Bonchev–Trinajstić information content (AvgIpc) is 2.82. The monoisotopic (exact) mass is 536 g/mol. The number of amides is 4. The summed E-state index contributed by atoms with van der Waals surface area (Å²) in [6.45, 7) is 7.94. The molecule has 212 valence electrons. The van der Waals surface area contributed by atoms with Crippen molar-refractivity contribution in [2.45, 2.75) is 84.2 Å². The van der Waals surface area contributed by atoms with Crippen molar-refractivity contribution >= 4 is 29.8 Å². The van der Waals surface area contributed by atoms with E-state index in [-0.39, 0.29) is 31.8 Å². The van der Waals surface area contributed by atoms with Crippen molar-refractivity contribution in [2.75, 3.05) is 6.61 Å². The predicted molar refractivity (Wildman–Crippen MR) is 138 cm³/mol. The third-order valence-electron chi connectivity index (χ3n) is 5.01. The number of imide groups is 1. The Kier molecular flexibility index (Phi) is 13.4. The SMILES string of the molecule is CC(C)C[C@H](NC(=O)[C@H](CO)NC(=O)[C@@H](N)CCC(=O)NC(=O)OC(C)(C)C)C(=O)OCc1ccccc1. The number of esters is 1. The molecule has 0 aliphatic heterocycles. The first-order valence-electron chi connectivity index (χ1n) is 12.4. The second-order valence-electron chi connectivity index (χ2n) is 10.2.